The van der Waals surface area contributed by atoms with Crippen LogP contribution in [-0.2, 0) is 31.0 Å². The van der Waals surface area contributed by atoms with Crippen molar-refractivity contribution >= 4 is 52.7 Å². The molecule has 2 unspecified atom stereocenters. The lowest BCUT2D eigenvalue weighted by atomic mass is 9.80. The van der Waals surface area contributed by atoms with Gasteiger partial charge in [0, 0.05) is 114 Å². The zero-order valence-electron chi connectivity index (χ0n) is 43.4. The number of nitrogens with one attached hydrogen (secondary N) is 3. The summed E-state index contributed by atoms with van der Waals surface area (Å²) in [7, 11) is 1.85. The Balaban J connectivity index is 0.605. The van der Waals surface area contributed by atoms with Crippen molar-refractivity contribution in [2.24, 2.45) is 24.8 Å². The highest BCUT2D eigenvalue weighted by Gasteiger charge is 2.41. The summed E-state index contributed by atoms with van der Waals surface area (Å²) < 4.78 is 7.10. The molecule has 5 aliphatic heterocycles. The monoisotopic (exact) mass is 1000 g/mol. The zero-order valence-corrected chi connectivity index (χ0v) is 43.4. The van der Waals surface area contributed by atoms with Crippen molar-refractivity contribution < 1.29 is 28.7 Å². The quantitative estimate of drug-likeness (QED) is 0.119. The number of nitrogens with zero attached hydrogens (tertiary/aromatic N) is 9. The molecule has 4 amide bonds. The second kappa shape index (κ2) is 22.9. The lowest BCUT2D eigenvalue weighted by Crippen LogP contribution is -2.54. The molecule has 73 heavy (non-hydrogen) atoms. The maximum Gasteiger partial charge on any atom is 0.343 e. The summed E-state index contributed by atoms with van der Waals surface area (Å²) in [5.41, 5.74) is 3.88. The van der Waals surface area contributed by atoms with Crippen LogP contribution in [0.1, 0.15) is 137 Å². The van der Waals surface area contributed by atoms with E-state index in [0.717, 1.165) is 134 Å². The number of fused-ring (bicyclic) bond motifs is 2. The van der Waals surface area contributed by atoms with Gasteiger partial charge in [-0.3, -0.25) is 39.0 Å². The number of hydrogen-bond acceptors (Lipinski definition) is 14. The first-order valence-corrected chi connectivity index (χ1v) is 27.8. The summed E-state index contributed by atoms with van der Waals surface area (Å²) in [6.45, 7) is 12.1. The van der Waals surface area contributed by atoms with Gasteiger partial charge in [-0.25, -0.2) is 9.78 Å². The SMILES string of the molecule is CCOC(=O)c1c(C)nc(Nc2cnn(C)c2)nc1NC1CCC(N2CCN(C(=O)C3CCC(C(=O)N4CCC(CCCN5C6CC[C@@H]5CN(c5ccc(C7CCC(=O)NC7=O)cc5)C6)CC4)CC3)CC2)CC1. The van der Waals surface area contributed by atoms with E-state index < -0.39 is 5.97 Å². The van der Waals surface area contributed by atoms with Crippen molar-refractivity contribution in [2.75, 3.05) is 81.0 Å². The van der Waals surface area contributed by atoms with E-state index in [-0.39, 0.29) is 48.1 Å². The number of carbonyl (C=O) groups excluding carboxylic acids is 5. The summed E-state index contributed by atoms with van der Waals surface area (Å²) in [4.78, 5) is 86.1. The fourth-order valence-corrected chi connectivity index (χ4v) is 13.5. The average molecular weight is 1000 g/mol. The fourth-order valence-electron chi connectivity index (χ4n) is 13.5. The average Bonchev–Trinajstić information content (AvgIpc) is 3.91. The minimum absolute atomic E-state index is 0.0180. The van der Waals surface area contributed by atoms with Crippen LogP contribution in [0.3, 0.4) is 0 Å². The van der Waals surface area contributed by atoms with E-state index in [1.54, 1.807) is 24.7 Å². The van der Waals surface area contributed by atoms with Gasteiger partial charge < -0.3 is 30.1 Å². The van der Waals surface area contributed by atoms with Crippen LogP contribution >= 0.6 is 0 Å². The molecule has 3 atom stereocenters. The highest BCUT2D eigenvalue weighted by atomic mass is 16.5. The summed E-state index contributed by atoms with van der Waals surface area (Å²) in [6, 6.07) is 10.2. The molecule has 394 valence electrons. The molecule has 7 aliphatic rings. The summed E-state index contributed by atoms with van der Waals surface area (Å²) >= 11 is 0. The third kappa shape index (κ3) is 11.8. The Bertz CT molecular complexity index is 2420. The predicted molar refractivity (Wildman–Crippen MR) is 278 cm³/mol. The number of aromatic nitrogens is 4. The number of rotatable bonds is 15. The molecule has 18 nitrogen and oxygen atoms in total. The molecule has 3 aromatic rings. The van der Waals surface area contributed by atoms with Gasteiger partial charge in [-0.05, 0) is 140 Å². The maximum absolute atomic E-state index is 13.8. The highest BCUT2D eigenvalue weighted by molar-refractivity contribution is 6.01. The van der Waals surface area contributed by atoms with Gasteiger partial charge in [-0.2, -0.15) is 10.1 Å². The molecular formula is C55H78N12O6. The molecule has 7 heterocycles. The number of anilines is 4. The molecule has 2 bridgehead atoms. The molecule has 2 aliphatic carbocycles. The van der Waals surface area contributed by atoms with Gasteiger partial charge >= 0.3 is 5.97 Å². The number of piperazine rings is 2. The standard InChI is InChI=1S/C55H78N12O6/c1-4-73-54(72)49-36(2)57-55(59-42-32-56-62(3)33-42)61-50(49)58-41-13-17-43(18-14-41)63-28-30-65(31-29-63)53(71)40-9-7-39(8-10-40)52(70)64-26-23-37(24-27-64)6-5-25-67-45-19-20-46(67)35-66(34-45)44-15-11-38(12-16-44)47-21-22-48(68)60-51(47)69/h11-12,15-16,32-33,37,39-41,43,45-47H,4-10,13-14,17-31,34-35H2,1-3H3,(H,60,68,69)(H2,57,58,59,61)/t39?,40?,41?,43?,45-,46?,47?/m1/s1. The summed E-state index contributed by atoms with van der Waals surface area (Å²) in [5, 5.41) is 13.5. The van der Waals surface area contributed by atoms with Gasteiger partial charge in [0.25, 0.3) is 0 Å². The van der Waals surface area contributed by atoms with E-state index in [2.05, 4.69) is 74.8 Å². The molecular weight excluding hydrogens is 925 g/mol. The number of ether oxygens (including phenoxy) is 1. The smallest absolute Gasteiger partial charge is 0.343 e. The first kappa shape index (κ1) is 50.9. The van der Waals surface area contributed by atoms with E-state index >= 15 is 0 Å². The zero-order chi connectivity index (χ0) is 50.6. The molecule has 0 spiro atoms. The normalized spacial score (nSPS) is 27.4. The number of carbonyl (C=O) groups is 5. The molecule has 7 fully saturated rings. The van der Waals surface area contributed by atoms with Gasteiger partial charge in [0.1, 0.15) is 11.4 Å². The Morgan fingerprint density at radius 2 is 1.41 bits per heavy atom. The molecule has 3 N–H and O–H groups in total. The maximum atomic E-state index is 13.8. The van der Waals surface area contributed by atoms with E-state index in [4.69, 9.17) is 9.72 Å². The molecule has 18 heteroatoms. The number of aryl methyl sites for hydroxylation is 2. The fraction of sp³-hybridized carbons (Fsp3) is 0.673. The van der Waals surface area contributed by atoms with Gasteiger partial charge in [0.15, 0.2) is 0 Å². The van der Waals surface area contributed by atoms with E-state index in [9.17, 15) is 24.0 Å². The minimum atomic E-state index is -0.433. The van der Waals surface area contributed by atoms with Crippen molar-refractivity contribution in [1.29, 1.82) is 0 Å². The third-order valence-electron chi connectivity index (χ3n) is 17.6. The Morgan fingerprint density at radius 1 is 0.767 bits per heavy atom. The van der Waals surface area contributed by atoms with Gasteiger partial charge in [-0.15, -0.1) is 0 Å². The van der Waals surface area contributed by atoms with Crippen molar-refractivity contribution in [3.8, 4) is 0 Å². The van der Waals surface area contributed by atoms with Crippen molar-refractivity contribution in [3.05, 3.63) is 53.5 Å². The van der Waals surface area contributed by atoms with Crippen LogP contribution in [0.25, 0.3) is 0 Å². The number of hydrogen-bond donors (Lipinski definition) is 3. The van der Waals surface area contributed by atoms with E-state index in [1.807, 2.05) is 13.2 Å². The van der Waals surface area contributed by atoms with Crippen molar-refractivity contribution in [3.63, 3.8) is 0 Å². The molecule has 2 aromatic heterocycles. The molecule has 0 radical (unpaired) electrons. The molecule has 2 saturated carbocycles. The van der Waals surface area contributed by atoms with E-state index in [1.165, 1.54) is 31.4 Å². The Kier molecular flexibility index (Phi) is 15.9. The Hall–Kier alpha value is -5.62. The van der Waals surface area contributed by atoms with Gasteiger partial charge in [-0.1, -0.05) is 12.1 Å². The number of benzene rings is 1. The van der Waals surface area contributed by atoms with Crippen LogP contribution in [-0.4, -0.2) is 159 Å². The third-order valence-corrected chi connectivity index (χ3v) is 17.6. The molecule has 5 saturated heterocycles. The number of esters is 1. The van der Waals surface area contributed by atoms with Crippen molar-refractivity contribution in [2.45, 2.75) is 147 Å². The second-order valence-electron chi connectivity index (χ2n) is 22.2. The van der Waals surface area contributed by atoms with Crippen LogP contribution in [0.15, 0.2) is 36.7 Å². The Labute approximate surface area is 430 Å². The van der Waals surface area contributed by atoms with Crippen LogP contribution in [0, 0.1) is 24.7 Å². The molecule has 1 aromatic carbocycles. The molecule has 10 rings (SSSR count). The van der Waals surface area contributed by atoms with E-state index in [0.29, 0.717) is 65.8 Å². The minimum Gasteiger partial charge on any atom is -0.462 e. The number of imide groups is 1. The van der Waals surface area contributed by atoms with Gasteiger partial charge in [0.2, 0.25) is 29.6 Å². The van der Waals surface area contributed by atoms with Crippen molar-refractivity contribution in [1.82, 2.24) is 44.7 Å². The number of piperidine rings is 2. The highest BCUT2D eigenvalue weighted by Crippen LogP contribution is 2.37. The van der Waals surface area contributed by atoms with Crippen LogP contribution in [0.4, 0.5) is 23.1 Å². The Morgan fingerprint density at radius 3 is 2.03 bits per heavy atom. The summed E-state index contributed by atoms with van der Waals surface area (Å²) in [5.74, 6) is 1.17. The second-order valence-corrected chi connectivity index (χ2v) is 22.2. The number of likely N-dealkylation sites (tertiary alicyclic amines) is 1. The number of amides is 4. The first-order valence-electron chi connectivity index (χ1n) is 27.8. The lowest BCUT2D eigenvalue weighted by molar-refractivity contribution is -0.143. The largest absolute Gasteiger partial charge is 0.462 e. The first-order chi connectivity index (χ1) is 35.5. The van der Waals surface area contributed by atoms with Crippen LogP contribution in [0.5, 0.6) is 0 Å². The topological polar surface area (TPSA) is 190 Å². The summed E-state index contributed by atoms with van der Waals surface area (Å²) in [6.07, 6.45) is 18.8. The predicted octanol–water partition coefficient (Wildman–Crippen LogP) is 6.00. The van der Waals surface area contributed by atoms with Crippen LogP contribution in [0.2, 0.25) is 0 Å². The van der Waals surface area contributed by atoms with Gasteiger partial charge in [0.05, 0.1) is 30.1 Å². The lowest BCUT2D eigenvalue weighted by Gasteiger charge is -2.43. The van der Waals surface area contributed by atoms with Crippen LogP contribution < -0.4 is 20.9 Å².